The zero-order valence-corrected chi connectivity index (χ0v) is 12.0. The SMILES string of the molecule is C#CCC(c1c(C)cc(C)cc1C)n1c(O)ccc1O. The van der Waals surface area contributed by atoms with E-state index in [0.717, 1.165) is 16.7 Å². The quantitative estimate of drug-likeness (QED) is 0.838. The molecule has 0 saturated carbocycles. The molecule has 0 aliphatic carbocycles. The molecule has 0 amide bonds. The fourth-order valence-corrected chi connectivity index (χ4v) is 2.90. The molecular formula is C17H19NO2. The third-order valence-corrected chi connectivity index (χ3v) is 3.57. The summed E-state index contributed by atoms with van der Waals surface area (Å²) in [6.07, 6.45) is 5.88. The number of aromatic hydroxyl groups is 2. The van der Waals surface area contributed by atoms with Gasteiger partial charge in [0, 0.05) is 18.6 Å². The van der Waals surface area contributed by atoms with Crippen LogP contribution in [0.15, 0.2) is 24.3 Å². The van der Waals surface area contributed by atoms with E-state index in [-0.39, 0.29) is 17.8 Å². The third-order valence-electron chi connectivity index (χ3n) is 3.57. The molecule has 1 atom stereocenters. The Hall–Kier alpha value is -2.34. The summed E-state index contributed by atoms with van der Waals surface area (Å²) >= 11 is 0. The van der Waals surface area contributed by atoms with Gasteiger partial charge in [-0.3, -0.25) is 4.57 Å². The second-order valence-corrected chi connectivity index (χ2v) is 5.16. The van der Waals surface area contributed by atoms with Gasteiger partial charge in [0.15, 0.2) is 11.8 Å². The van der Waals surface area contributed by atoms with Gasteiger partial charge in [0.1, 0.15) is 0 Å². The van der Waals surface area contributed by atoms with Gasteiger partial charge in [0.25, 0.3) is 0 Å². The fraction of sp³-hybridized carbons (Fsp3) is 0.294. The van der Waals surface area contributed by atoms with Gasteiger partial charge in [-0.15, -0.1) is 12.3 Å². The second kappa shape index (κ2) is 5.34. The Morgan fingerprint density at radius 3 is 2.05 bits per heavy atom. The highest BCUT2D eigenvalue weighted by molar-refractivity contribution is 5.42. The molecule has 3 heteroatoms. The normalized spacial score (nSPS) is 12.1. The van der Waals surface area contributed by atoms with E-state index in [4.69, 9.17) is 6.42 Å². The summed E-state index contributed by atoms with van der Waals surface area (Å²) in [5, 5.41) is 19.9. The first-order valence-electron chi connectivity index (χ1n) is 6.56. The Balaban J connectivity index is 2.65. The maximum atomic E-state index is 9.96. The van der Waals surface area contributed by atoms with Gasteiger partial charge in [-0.2, -0.15) is 0 Å². The van der Waals surface area contributed by atoms with Crippen LogP contribution >= 0.6 is 0 Å². The number of terminal acetylenes is 1. The summed E-state index contributed by atoms with van der Waals surface area (Å²) in [5.41, 5.74) is 4.45. The molecule has 1 aromatic carbocycles. The summed E-state index contributed by atoms with van der Waals surface area (Å²) in [5.74, 6) is 2.67. The smallest absolute Gasteiger partial charge is 0.194 e. The molecule has 2 aromatic rings. The molecular weight excluding hydrogens is 250 g/mol. The molecule has 2 N–H and O–H groups in total. The van der Waals surface area contributed by atoms with Crippen LogP contribution in [-0.2, 0) is 0 Å². The predicted molar refractivity (Wildman–Crippen MR) is 80.0 cm³/mol. The van der Waals surface area contributed by atoms with Crippen molar-refractivity contribution in [1.29, 1.82) is 0 Å². The zero-order chi connectivity index (χ0) is 14.9. The maximum absolute atomic E-state index is 9.96. The number of rotatable bonds is 3. The van der Waals surface area contributed by atoms with Gasteiger partial charge >= 0.3 is 0 Å². The van der Waals surface area contributed by atoms with Crippen LogP contribution in [-0.4, -0.2) is 14.8 Å². The molecule has 104 valence electrons. The van der Waals surface area contributed by atoms with Crippen molar-refractivity contribution in [3.8, 4) is 24.1 Å². The van der Waals surface area contributed by atoms with E-state index >= 15 is 0 Å². The Morgan fingerprint density at radius 2 is 1.60 bits per heavy atom. The molecule has 0 aliphatic rings. The van der Waals surface area contributed by atoms with Crippen molar-refractivity contribution < 1.29 is 10.2 Å². The third kappa shape index (κ3) is 2.37. The molecule has 0 fully saturated rings. The number of hydrogen-bond acceptors (Lipinski definition) is 2. The first-order chi connectivity index (χ1) is 9.45. The monoisotopic (exact) mass is 269 g/mol. The topological polar surface area (TPSA) is 45.4 Å². The van der Waals surface area contributed by atoms with Crippen molar-refractivity contribution in [3.63, 3.8) is 0 Å². The molecule has 0 spiro atoms. The predicted octanol–water partition coefficient (Wildman–Crippen LogP) is 3.44. The van der Waals surface area contributed by atoms with Crippen molar-refractivity contribution in [1.82, 2.24) is 4.57 Å². The van der Waals surface area contributed by atoms with Crippen LogP contribution in [0.4, 0.5) is 0 Å². The summed E-state index contributed by atoms with van der Waals surface area (Å²) < 4.78 is 1.48. The number of hydrogen-bond donors (Lipinski definition) is 2. The van der Waals surface area contributed by atoms with Crippen LogP contribution in [0.1, 0.15) is 34.7 Å². The highest BCUT2D eigenvalue weighted by Crippen LogP contribution is 2.36. The lowest BCUT2D eigenvalue weighted by molar-refractivity contribution is 0.351. The summed E-state index contributed by atoms with van der Waals surface area (Å²) in [4.78, 5) is 0. The minimum Gasteiger partial charge on any atom is -0.494 e. The van der Waals surface area contributed by atoms with Crippen molar-refractivity contribution in [2.24, 2.45) is 0 Å². The summed E-state index contributed by atoms with van der Waals surface area (Å²) in [6, 6.07) is 6.85. The van der Waals surface area contributed by atoms with E-state index in [1.54, 1.807) is 0 Å². The van der Waals surface area contributed by atoms with Crippen molar-refractivity contribution in [2.75, 3.05) is 0 Å². The van der Waals surface area contributed by atoms with Gasteiger partial charge in [-0.1, -0.05) is 17.7 Å². The van der Waals surface area contributed by atoms with Gasteiger partial charge in [0.05, 0.1) is 6.04 Å². The molecule has 1 unspecified atom stereocenters. The maximum Gasteiger partial charge on any atom is 0.194 e. The van der Waals surface area contributed by atoms with Gasteiger partial charge in [-0.05, 0) is 37.5 Å². The first kappa shape index (κ1) is 14.1. The summed E-state index contributed by atoms with van der Waals surface area (Å²) in [6.45, 7) is 6.09. The molecule has 0 bridgehead atoms. The number of aromatic nitrogens is 1. The lowest BCUT2D eigenvalue weighted by atomic mass is 9.92. The highest BCUT2D eigenvalue weighted by atomic mass is 16.3. The van der Waals surface area contributed by atoms with Crippen molar-refractivity contribution >= 4 is 0 Å². The Kier molecular flexibility index (Phi) is 3.76. The molecule has 0 radical (unpaired) electrons. The lowest BCUT2D eigenvalue weighted by Crippen LogP contribution is -2.12. The first-order valence-corrected chi connectivity index (χ1v) is 6.56. The number of aryl methyl sites for hydroxylation is 3. The Labute approximate surface area is 119 Å². The van der Waals surface area contributed by atoms with Crippen molar-refractivity contribution in [2.45, 2.75) is 33.2 Å². The minimum absolute atomic E-state index is 0.0159. The second-order valence-electron chi connectivity index (χ2n) is 5.16. The molecule has 0 aliphatic heterocycles. The van der Waals surface area contributed by atoms with Crippen LogP contribution in [0.2, 0.25) is 0 Å². The van der Waals surface area contributed by atoms with E-state index < -0.39 is 0 Å². The zero-order valence-electron chi connectivity index (χ0n) is 12.0. The van der Waals surface area contributed by atoms with E-state index in [9.17, 15) is 10.2 Å². The van der Waals surface area contributed by atoms with Crippen molar-refractivity contribution in [3.05, 3.63) is 46.5 Å². The fourth-order valence-electron chi connectivity index (χ4n) is 2.90. The van der Waals surface area contributed by atoms with Crippen LogP contribution in [0.25, 0.3) is 0 Å². The Bertz CT molecular complexity index is 634. The number of nitrogens with zero attached hydrogens (tertiary/aromatic N) is 1. The average Bonchev–Trinajstić information content (AvgIpc) is 2.67. The standard InChI is InChI=1S/C17H19NO2/c1-5-6-14(18-15(19)7-8-16(18)20)17-12(3)9-11(2)10-13(17)4/h1,7-10,14,19-20H,6H2,2-4H3. The number of benzene rings is 1. The molecule has 1 aromatic heterocycles. The molecule has 0 saturated heterocycles. The Morgan fingerprint density at radius 1 is 1.10 bits per heavy atom. The van der Waals surface area contributed by atoms with E-state index in [2.05, 4.69) is 18.1 Å². The van der Waals surface area contributed by atoms with Crippen LogP contribution in [0, 0.1) is 33.1 Å². The van der Waals surface area contributed by atoms with E-state index in [1.807, 2.05) is 20.8 Å². The molecule has 20 heavy (non-hydrogen) atoms. The lowest BCUT2D eigenvalue weighted by Gasteiger charge is -2.23. The average molecular weight is 269 g/mol. The van der Waals surface area contributed by atoms with Crippen LogP contribution in [0.5, 0.6) is 11.8 Å². The minimum atomic E-state index is -0.268. The highest BCUT2D eigenvalue weighted by Gasteiger charge is 2.22. The van der Waals surface area contributed by atoms with E-state index in [0.29, 0.717) is 6.42 Å². The van der Waals surface area contributed by atoms with Gasteiger partial charge < -0.3 is 10.2 Å². The van der Waals surface area contributed by atoms with Gasteiger partial charge in [0.2, 0.25) is 0 Å². The van der Waals surface area contributed by atoms with Crippen LogP contribution in [0.3, 0.4) is 0 Å². The molecule has 3 nitrogen and oxygen atoms in total. The summed E-state index contributed by atoms with van der Waals surface area (Å²) in [7, 11) is 0. The molecule has 2 rings (SSSR count). The van der Waals surface area contributed by atoms with Crippen LogP contribution < -0.4 is 0 Å². The van der Waals surface area contributed by atoms with E-state index in [1.165, 1.54) is 22.3 Å². The van der Waals surface area contributed by atoms with Gasteiger partial charge in [-0.25, -0.2) is 0 Å². The largest absolute Gasteiger partial charge is 0.494 e. The molecule has 1 heterocycles.